The number of para-hydroxylation sites is 1. The average molecular weight is 915 g/mol. The monoisotopic (exact) mass is 914 g/mol. The van der Waals surface area contributed by atoms with Gasteiger partial charge in [-0.05, 0) is 107 Å². The number of rotatable bonds is 12. The molecule has 15 heteroatoms. The van der Waals surface area contributed by atoms with Crippen molar-refractivity contribution in [1.29, 1.82) is 0 Å². The lowest BCUT2D eigenvalue weighted by Gasteiger charge is -2.35. The zero-order chi connectivity index (χ0) is 46.3. The molecule has 1 aromatic heterocycles. The summed E-state index contributed by atoms with van der Waals surface area (Å²) in [5.74, 6) is -1.96. The number of benzene rings is 1. The van der Waals surface area contributed by atoms with Gasteiger partial charge in [-0.2, -0.15) is 0 Å². The van der Waals surface area contributed by atoms with Crippen LogP contribution in [0.15, 0.2) is 49.1 Å². The standard InChI is InChI=1S/C50H66N4O10S/c1-6-33-29-50(33,47(59)52-65(60,61)49(5)22-23-49)30-40(55)39-27-34-31-54(39)46(58)37(48(2,3)4)28-43(57)64-41-20-12-16-32(41)15-8-7-9-18-36-44(62-26-14-25-53-24-13-21-42(53)56)35-17-10-11-19-38(35)51-45(36)63-34/h6-7,9-11,17,19,32-34,37,39,41H,1,8,12-16,18,20-31H2,2-5H3,(H,52,59)/b9-7+/t32-,33-,34-,37-,39+,41-,50-/m1/s1. The molecule has 3 aliphatic heterocycles. The fourth-order valence-electron chi connectivity index (χ4n) is 10.5. The van der Waals surface area contributed by atoms with Gasteiger partial charge in [0.15, 0.2) is 5.78 Å². The summed E-state index contributed by atoms with van der Waals surface area (Å²) in [6.07, 6.45) is 12.3. The van der Waals surface area contributed by atoms with Crippen molar-refractivity contribution in [3.8, 4) is 11.6 Å². The highest BCUT2D eigenvalue weighted by Gasteiger charge is 2.62. The molecule has 14 nitrogen and oxygen atoms in total. The van der Waals surface area contributed by atoms with Gasteiger partial charge in [0, 0.05) is 37.7 Å². The summed E-state index contributed by atoms with van der Waals surface area (Å²) >= 11 is 0. The number of amides is 3. The van der Waals surface area contributed by atoms with Gasteiger partial charge in [-0.25, -0.2) is 13.4 Å². The first-order chi connectivity index (χ1) is 30.9. The van der Waals surface area contributed by atoms with E-state index < -0.39 is 73.1 Å². The lowest BCUT2D eigenvalue weighted by molar-refractivity contribution is -0.158. The summed E-state index contributed by atoms with van der Waals surface area (Å²) in [7, 11) is -3.99. The molecule has 3 aliphatic carbocycles. The number of fused-ring (bicyclic) bond motifs is 5. The zero-order valence-corrected chi connectivity index (χ0v) is 39.3. The Morgan fingerprint density at radius 1 is 1.06 bits per heavy atom. The number of Topliss-reactive ketones (excluding diaryl/α,β-unsaturated/α-hetero) is 1. The number of allylic oxidation sites excluding steroid dienone is 3. The molecule has 7 atom stereocenters. The van der Waals surface area contributed by atoms with E-state index in [0.717, 1.165) is 56.0 Å². The number of pyridine rings is 1. The van der Waals surface area contributed by atoms with E-state index in [-0.39, 0.29) is 50.2 Å². The summed E-state index contributed by atoms with van der Waals surface area (Å²) in [5, 5.41) is 0.810. The molecule has 0 unspecified atom stereocenters. The number of hydrogen-bond acceptors (Lipinski definition) is 11. The number of ether oxygens (including phenoxy) is 3. The van der Waals surface area contributed by atoms with Crippen molar-refractivity contribution in [2.45, 2.75) is 147 Å². The van der Waals surface area contributed by atoms with Crippen LogP contribution in [-0.4, -0.2) is 102 Å². The molecule has 3 amide bonds. The van der Waals surface area contributed by atoms with Crippen LogP contribution in [0, 0.1) is 28.6 Å². The fourth-order valence-corrected chi connectivity index (χ4v) is 11.8. The van der Waals surface area contributed by atoms with Crippen LogP contribution in [0.5, 0.6) is 11.6 Å². The molecule has 5 fully saturated rings. The molecule has 2 aromatic rings. The number of hydrogen-bond donors (Lipinski definition) is 1. The third kappa shape index (κ3) is 9.86. The molecule has 6 aliphatic rings. The van der Waals surface area contributed by atoms with Gasteiger partial charge in [0.1, 0.15) is 18.0 Å². The first kappa shape index (κ1) is 46.7. The van der Waals surface area contributed by atoms with Gasteiger partial charge in [0.05, 0.1) is 52.8 Å². The van der Waals surface area contributed by atoms with E-state index in [1.807, 2.05) is 49.9 Å². The lowest BCUT2D eigenvalue weighted by atomic mass is 9.77. The molecular formula is C50H66N4O10S. The number of carbonyl (C=O) groups excluding carboxylic acids is 5. The highest BCUT2D eigenvalue weighted by molar-refractivity contribution is 7.91. The largest absolute Gasteiger partial charge is 0.492 e. The summed E-state index contributed by atoms with van der Waals surface area (Å²) in [5.41, 5.74) is -0.676. The quantitative estimate of drug-likeness (QED) is 0.135. The molecule has 0 radical (unpaired) electrons. The maximum Gasteiger partial charge on any atom is 0.306 e. The molecular weight excluding hydrogens is 849 g/mol. The van der Waals surface area contributed by atoms with E-state index in [1.54, 1.807) is 13.0 Å². The Hall–Kier alpha value is -4.79. The maximum absolute atomic E-state index is 15.1. The number of esters is 1. The second kappa shape index (κ2) is 18.5. The molecule has 3 saturated carbocycles. The highest BCUT2D eigenvalue weighted by atomic mass is 32.2. The Labute approximate surface area is 383 Å². The Bertz CT molecular complexity index is 2350. The smallest absolute Gasteiger partial charge is 0.306 e. The van der Waals surface area contributed by atoms with E-state index in [4.69, 9.17) is 19.2 Å². The van der Waals surface area contributed by atoms with Crippen LogP contribution in [0.3, 0.4) is 0 Å². The molecule has 2 bridgehead atoms. The lowest BCUT2D eigenvalue weighted by Crippen LogP contribution is -2.49. The average Bonchev–Trinajstić information content (AvgIpc) is 3.97. The molecule has 1 aromatic carbocycles. The number of sulfonamides is 1. The Balaban J connectivity index is 1.14. The SMILES string of the molecule is C=C[C@@H]1C[C@]1(CC(=O)[C@@H]1C[C@@H]2CN1C(=O)[C@H](C(C)(C)C)CC(=O)O[C@@H]1CCC[C@H]1CC/C=C/Cc1c(nc3ccccc3c1OCCCN1CCCC1=O)O2)C(=O)NS(=O)(=O)C1(C)CC1. The molecule has 65 heavy (non-hydrogen) atoms. The Morgan fingerprint density at radius 3 is 2.55 bits per heavy atom. The minimum absolute atomic E-state index is 0.00221. The maximum atomic E-state index is 15.1. The van der Waals surface area contributed by atoms with E-state index in [9.17, 15) is 27.6 Å². The van der Waals surface area contributed by atoms with Gasteiger partial charge in [0.25, 0.3) is 0 Å². The van der Waals surface area contributed by atoms with Gasteiger partial charge < -0.3 is 24.0 Å². The van der Waals surface area contributed by atoms with Gasteiger partial charge in [0.2, 0.25) is 33.6 Å². The summed E-state index contributed by atoms with van der Waals surface area (Å²) in [6.45, 7) is 12.9. The Kier molecular flexibility index (Phi) is 13.3. The van der Waals surface area contributed by atoms with Gasteiger partial charge in [-0.3, -0.25) is 28.7 Å². The molecule has 8 rings (SSSR count). The van der Waals surface area contributed by atoms with Crippen molar-refractivity contribution in [1.82, 2.24) is 19.5 Å². The minimum atomic E-state index is -3.99. The molecule has 2 saturated heterocycles. The van der Waals surface area contributed by atoms with Gasteiger partial charge in [-0.1, -0.05) is 51.1 Å². The Morgan fingerprint density at radius 2 is 1.85 bits per heavy atom. The first-order valence-electron chi connectivity index (χ1n) is 23.8. The molecule has 0 spiro atoms. The second-order valence-electron chi connectivity index (χ2n) is 20.7. The van der Waals surface area contributed by atoms with Crippen molar-refractivity contribution in [2.75, 3.05) is 26.2 Å². The second-order valence-corrected chi connectivity index (χ2v) is 22.9. The van der Waals surface area contributed by atoms with Crippen LogP contribution in [0.1, 0.15) is 123 Å². The van der Waals surface area contributed by atoms with Gasteiger partial charge in [-0.15, -0.1) is 6.58 Å². The van der Waals surface area contributed by atoms with Crippen molar-refractivity contribution in [2.24, 2.45) is 28.6 Å². The van der Waals surface area contributed by atoms with Crippen molar-refractivity contribution in [3.05, 3.63) is 54.6 Å². The predicted molar refractivity (Wildman–Crippen MR) is 244 cm³/mol. The van der Waals surface area contributed by atoms with E-state index in [1.165, 1.54) is 4.90 Å². The van der Waals surface area contributed by atoms with Crippen LogP contribution in [0.4, 0.5) is 0 Å². The minimum Gasteiger partial charge on any atom is -0.492 e. The molecule has 1 N–H and O–H groups in total. The van der Waals surface area contributed by atoms with E-state index in [0.29, 0.717) is 62.4 Å². The van der Waals surface area contributed by atoms with Crippen LogP contribution in [-0.2, 0) is 45.2 Å². The van der Waals surface area contributed by atoms with Gasteiger partial charge >= 0.3 is 5.97 Å². The third-order valence-electron chi connectivity index (χ3n) is 15.1. The van der Waals surface area contributed by atoms with E-state index in [2.05, 4.69) is 23.5 Å². The zero-order valence-electron chi connectivity index (χ0n) is 38.5. The molecule has 352 valence electrons. The number of likely N-dealkylation sites (tertiary alicyclic amines) is 1. The summed E-state index contributed by atoms with van der Waals surface area (Å²) < 4.78 is 47.4. The fraction of sp³-hybridized carbons (Fsp3) is 0.640. The van der Waals surface area contributed by atoms with E-state index >= 15 is 4.79 Å². The topological polar surface area (TPSA) is 179 Å². The first-order valence-corrected chi connectivity index (χ1v) is 25.3. The van der Waals surface area contributed by atoms with Crippen molar-refractivity contribution in [3.63, 3.8) is 0 Å². The van der Waals surface area contributed by atoms with Crippen LogP contribution < -0.4 is 14.2 Å². The van der Waals surface area contributed by atoms with Crippen LogP contribution in [0.25, 0.3) is 10.9 Å². The van der Waals surface area contributed by atoms with Crippen molar-refractivity contribution >= 4 is 50.4 Å². The number of ketones is 1. The number of aromatic nitrogens is 1. The highest BCUT2D eigenvalue weighted by Crippen LogP contribution is 2.57. The van der Waals surface area contributed by atoms with Crippen LogP contribution >= 0.6 is 0 Å². The number of nitrogens with one attached hydrogen (secondary N) is 1. The predicted octanol–water partition coefficient (Wildman–Crippen LogP) is 6.78. The molecule has 4 heterocycles. The summed E-state index contributed by atoms with van der Waals surface area (Å²) in [6, 6.07) is 6.63. The normalized spacial score (nSPS) is 29.8. The van der Waals surface area contributed by atoms with Crippen LogP contribution in [0.2, 0.25) is 0 Å². The number of nitrogens with zero attached hydrogens (tertiary/aromatic N) is 3. The summed E-state index contributed by atoms with van der Waals surface area (Å²) in [4.78, 5) is 78.4. The van der Waals surface area contributed by atoms with Crippen molar-refractivity contribution < 1.29 is 46.6 Å². The third-order valence-corrected chi connectivity index (χ3v) is 17.2. The number of carbonyl (C=O) groups is 5.